The predicted octanol–water partition coefficient (Wildman–Crippen LogP) is 1.34. The minimum atomic E-state index is -0.777. The van der Waals surface area contributed by atoms with E-state index in [2.05, 4.69) is 5.32 Å². The van der Waals surface area contributed by atoms with Crippen molar-refractivity contribution in [3.63, 3.8) is 0 Å². The Kier molecular flexibility index (Phi) is 8.01. The van der Waals surface area contributed by atoms with Crippen molar-refractivity contribution in [2.24, 2.45) is 0 Å². The molecular weight excluding hydrogens is 384 g/mol. The number of rotatable bonds is 10. The topological polar surface area (TPSA) is 102 Å². The van der Waals surface area contributed by atoms with Gasteiger partial charge in [-0.2, -0.15) is 11.8 Å². The Morgan fingerprint density at radius 1 is 1.18 bits per heavy atom. The number of ether oxygens (including phenoxy) is 2. The van der Waals surface area contributed by atoms with Gasteiger partial charge in [0.2, 0.25) is 0 Å². The number of esters is 1. The first-order chi connectivity index (χ1) is 13.4. The number of imide groups is 1. The zero-order chi connectivity index (χ0) is 20.7. The van der Waals surface area contributed by atoms with Crippen LogP contribution in [0.3, 0.4) is 0 Å². The number of carbonyl (C=O) groups excluding carboxylic acids is 4. The van der Waals surface area contributed by atoms with Crippen LogP contribution in [0, 0.1) is 0 Å². The highest BCUT2D eigenvalue weighted by atomic mass is 32.2. The fourth-order valence-corrected chi connectivity index (χ4v) is 3.34. The number of carbonyl (C=O) groups is 4. The van der Waals surface area contributed by atoms with Gasteiger partial charge in [0, 0.05) is 25.8 Å². The van der Waals surface area contributed by atoms with Crippen molar-refractivity contribution in [1.29, 1.82) is 0 Å². The van der Waals surface area contributed by atoms with Crippen molar-refractivity contribution in [2.45, 2.75) is 18.9 Å². The molecule has 0 spiro atoms. The Morgan fingerprint density at radius 2 is 1.89 bits per heavy atom. The summed E-state index contributed by atoms with van der Waals surface area (Å²) >= 11 is 1.55. The smallest absolute Gasteiger partial charge is 0.328 e. The lowest BCUT2D eigenvalue weighted by Gasteiger charge is -2.16. The molecule has 1 aromatic carbocycles. The number of hydrogen-bond acceptors (Lipinski definition) is 7. The molecule has 0 radical (unpaired) electrons. The number of fused-ring (bicyclic) bond motifs is 1. The monoisotopic (exact) mass is 408 g/mol. The van der Waals surface area contributed by atoms with Gasteiger partial charge in [0.1, 0.15) is 6.04 Å². The number of amides is 3. The van der Waals surface area contributed by atoms with Crippen molar-refractivity contribution < 1.29 is 28.7 Å². The van der Waals surface area contributed by atoms with E-state index in [1.807, 2.05) is 6.26 Å². The molecule has 2 rings (SSSR count). The highest BCUT2D eigenvalue weighted by molar-refractivity contribution is 7.98. The van der Waals surface area contributed by atoms with Gasteiger partial charge in [-0.05, 0) is 43.0 Å². The largest absolute Gasteiger partial charge is 0.467 e. The summed E-state index contributed by atoms with van der Waals surface area (Å²) in [5, 5.41) is 2.64. The molecule has 9 heteroatoms. The zero-order valence-electron chi connectivity index (χ0n) is 16.1. The lowest BCUT2D eigenvalue weighted by molar-refractivity contribution is -0.142. The third kappa shape index (κ3) is 4.90. The highest BCUT2D eigenvalue weighted by Gasteiger charge is 2.35. The van der Waals surface area contributed by atoms with Crippen molar-refractivity contribution in [3.8, 4) is 0 Å². The number of thioether (sulfide) groups is 1. The van der Waals surface area contributed by atoms with Crippen LogP contribution in [-0.4, -0.2) is 74.0 Å². The van der Waals surface area contributed by atoms with E-state index in [4.69, 9.17) is 9.47 Å². The molecule has 0 bridgehead atoms. The van der Waals surface area contributed by atoms with Crippen molar-refractivity contribution >= 4 is 35.5 Å². The highest BCUT2D eigenvalue weighted by Crippen LogP contribution is 2.24. The molecule has 0 aromatic heterocycles. The molecule has 0 saturated carbocycles. The average molecular weight is 408 g/mol. The van der Waals surface area contributed by atoms with Gasteiger partial charge in [0.05, 0.1) is 18.2 Å². The average Bonchev–Trinajstić information content (AvgIpc) is 2.94. The maximum atomic E-state index is 12.6. The Labute approximate surface area is 167 Å². The summed E-state index contributed by atoms with van der Waals surface area (Å²) in [6, 6.07) is 3.56. The fraction of sp³-hybridized carbons (Fsp3) is 0.474. The molecule has 0 aliphatic carbocycles. The van der Waals surface area contributed by atoms with E-state index < -0.39 is 23.8 Å². The van der Waals surface area contributed by atoms with Crippen LogP contribution in [0.1, 0.15) is 43.9 Å². The van der Waals surface area contributed by atoms with E-state index in [0.29, 0.717) is 25.2 Å². The van der Waals surface area contributed by atoms with Crippen molar-refractivity contribution in [1.82, 2.24) is 10.2 Å². The van der Waals surface area contributed by atoms with Crippen LogP contribution in [-0.2, 0) is 14.3 Å². The minimum Gasteiger partial charge on any atom is -0.467 e. The molecule has 1 aliphatic heterocycles. The molecule has 3 amide bonds. The quantitative estimate of drug-likeness (QED) is 0.354. The van der Waals surface area contributed by atoms with Gasteiger partial charge in [0.15, 0.2) is 0 Å². The van der Waals surface area contributed by atoms with E-state index in [0.717, 1.165) is 4.90 Å². The van der Waals surface area contributed by atoms with E-state index in [1.54, 1.807) is 18.9 Å². The van der Waals surface area contributed by atoms with Crippen LogP contribution in [0.5, 0.6) is 0 Å². The van der Waals surface area contributed by atoms with Crippen LogP contribution in [0.2, 0.25) is 0 Å². The molecule has 28 heavy (non-hydrogen) atoms. The molecule has 1 atom stereocenters. The maximum absolute atomic E-state index is 12.6. The van der Waals surface area contributed by atoms with Gasteiger partial charge < -0.3 is 14.8 Å². The Balaban J connectivity index is 2.15. The molecular formula is C19H24N2O6S. The first-order valence-corrected chi connectivity index (χ1v) is 10.2. The van der Waals surface area contributed by atoms with E-state index in [9.17, 15) is 19.2 Å². The summed E-state index contributed by atoms with van der Waals surface area (Å²) in [5.74, 6) is -1.17. The normalized spacial score (nSPS) is 14.0. The summed E-state index contributed by atoms with van der Waals surface area (Å²) in [7, 11) is 2.81. The number of methoxy groups -OCH3 is 2. The summed E-state index contributed by atoms with van der Waals surface area (Å²) in [6.45, 7) is 0.687. The number of hydrogen-bond donors (Lipinski definition) is 1. The van der Waals surface area contributed by atoms with Gasteiger partial charge in [-0.25, -0.2) is 4.79 Å². The third-order valence-corrected chi connectivity index (χ3v) is 5.01. The van der Waals surface area contributed by atoms with Crippen LogP contribution in [0.25, 0.3) is 0 Å². The van der Waals surface area contributed by atoms with Gasteiger partial charge >= 0.3 is 5.97 Å². The summed E-state index contributed by atoms with van der Waals surface area (Å²) in [6.07, 6.45) is 2.86. The molecule has 152 valence electrons. The lowest BCUT2D eigenvalue weighted by Crippen LogP contribution is -2.42. The number of nitrogens with one attached hydrogen (secondary N) is 1. The fourth-order valence-electron chi connectivity index (χ4n) is 2.87. The predicted molar refractivity (Wildman–Crippen MR) is 105 cm³/mol. The molecule has 1 heterocycles. The van der Waals surface area contributed by atoms with Crippen molar-refractivity contribution in [3.05, 3.63) is 34.9 Å². The molecule has 1 N–H and O–H groups in total. The Morgan fingerprint density at radius 3 is 2.54 bits per heavy atom. The Bertz CT molecular complexity index is 767. The second kappa shape index (κ2) is 10.2. The zero-order valence-corrected chi connectivity index (χ0v) is 17.0. The van der Waals surface area contributed by atoms with Crippen LogP contribution in [0.15, 0.2) is 18.2 Å². The first kappa shape index (κ1) is 21.9. The molecule has 0 fully saturated rings. The molecule has 1 aliphatic rings. The third-order valence-electron chi connectivity index (χ3n) is 4.36. The van der Waals surface area contributed by atoms with Crippen molar-refractivity contribution in [2.75, 3.05) is 39.4 Å². The van der Waals surface area contributed by atoms with Crippen LogP contribution < -0.4 is 5.32 Å². The van der Waals surface area contributed by atoms with Gasteiger partial charge in [-0.15, -0.1) is 0 Å². The lowest BCUT2D eigenvalue weighted by atomic mass is 10.0. The van der Waals surface area contributed by atoms with E-state index >= 15 is 0 Å². The summed E-state index contributed by atoms with van der Waals surface area (Å²) < 4.78 is 9.69. The molecule has 1 aromatic rings. The van der Waals surface area contributed by atoms with E-state index in [1.165, 1.54) is 25.3 Å². The second-order valence-electron chi connectivity index (χ2n) is 6.20. The first-order valence-electron chi connectivity index (χ1n) is 8.81. The van der Waals surface area contributed by atoms with Gasteiger partial charge in [-0.1, -0.05) is 0 Å². The van der Waals surface area contributed by atoms with Gasteiger partial charge in [-0.3, -0.25) is 19.3 Å². The number of benzene rings is 1. The number of nitrogens with zero attached hydrogens (tertiary/aromatic N) is 1. The Hall–Kier alpha value is -2.39. The second-order valence-corrected chi connectivity index (χ2v) is 7.18. The van der Waals surface area contributed by atoms with E-state index in [-0.39, 0.29) is 29.1 Å². The summed E-state index contributed by atoms with van der Waals surface area (Å²) in [4.78, 5) is 50.6. The molecule has 0 unspecified atom stereocenters. The molecule has 0 saturated heterocycles. The summed E-state index contributed by atoms with van der Waals surface area (Å²) in [5.41, 5.74) is 0.663. The maximum Gasteiger partial charge on any atom is 0.328 e. The van der Waals surface area contributed by atoms with Gasteiger partial charge in [0.25, 0.3) is 17.7 Å². The van der Waals surface area contributed by atoms with Crippen LogP contribution >= 0.6 is 11.8 Å². The van der Waals surface area contributed by atoms with Crippen LogP contribution in [0.4, 0.5) is 0 Å². The minimum absolute atomic E-state index is 0.189. The SMILES string of the molecule is COCCCN1C(=O)c2ccc(C(=O)N[C@@H](CCSC)C(=O)OC)cc2C1=O. The molecule has 8 nitrogen and oxygen atoms in total. The standard InChI is InChI=1S/C19H24N2O6S/c1-26-9-4-8-21-17(23)13-6-5-12(11-14(13)18(21)24)16(22)20-15(7-10-28-3)19(25)27-2/h5-6,11,15H,4,7-10H2,1-3H3,(H,20,22)/t15-/m0/s1.